The topological polar surface area (TPSA) is 38.1 Å². The smallest absolute Gasteiger partial charge is 0.267 e. The summed E-state index contributed by atoms with van der Waals surface area (Å²) in [6, 6.07) is 19.3. The van der Waals surface area contributed by atoms with Gasteiger partial charge < -0.3 is 4.90 Å². The van der Waals surface area contributed by atoms with Gasteiger partial charge in [0.2, 0.25) is 0 Å². The molecular weight excluding hydrogens is 358 g/mol. The number of hydrogen-bond donors (Lipinski definition) is 0. The van der Waals surface area contributed by atoms with Gasteiger partial charge in [-0.15, -0.1) is 0 Å². The highest BCUT2D eigenvalue weighted by Crippen LogP contribution is 2.24. The van der Waals surface area contributed by atoms with E-state index in [2.05, 4.69) is 34.3 Å². The molecule has 0 spiro atoms. The average molecular weight is 380 g/mol. The first kappa shape index (κ1) is 17.8. The second-order valence-electron chi connectivity index (χ2n) is 6.94. The van der Waals surface area contributed by atoms with Crippen molar-refractivity contribution in [2.24, 2.45) is 0 Å². The number of halogens is 1. The van der Waals surface area contributed by atoms with E-state index < -0.39 is 0 Å². The van der Waals surface area contributed by atoms with Crippen molar-refractivity contribution in [2.45, 2.75) is 25.8 Å². The lowest BCUT2D eigenvalue weighted by atomic mass is 10.1. The summed E-state index contributed by atoms with van der Waals surface area (Å²) in [5.41, 5.74) is 3.89. The van der Waals surface area contributed by atoms with Gasteiger partial charge in [-0.25, -0.2) is 4.68 Å². The molecule has 4 nitrogen and oxygen atoms in total. The van der Waals surface area contributed by atoms with Gasteiger partial charge in [0.25, 0.3) is 5.56 Å². The molecule has 2 heterocycles. The molecule has 1 saturated heterocycles. The third kappa shape index (κ3) is 4.22. The third-order valence-electron chi connectivity index (χ3n) is 4.97. The molecule has 1 fully saturated rings. The fourth-order valence-corrected chi connectivity index (χ4v) is 3.73. The molecule has 2 aromatic carbocycles. The Labute approximate surface area is 164 Å². The van der Waals surface area contributed by atoms with E-state index in [0.29, 0.717) is 11.6 Å². The lowest BCUT2D eigenvalue weighted by Gasteiger charge is -2.28. The van der Waals surface area contributed by atoms with Crippen LogP contribution in [0.25, 0.3) is 11.3 Å². The monoisotopic (exact) mass is 379 g/mol. The van der Waals surface area contributed by atoms with Crippen molar-refractivity contribution in [3.8, 4) is 11.3 Å². The van der Waals surface area contributed by atoms with E-state index in [1.54, 1.807) is 12.1 Å². The van der Waals surface area contributed by atoms with Crippen LogP contribution >= 0.6 is 11.6 Å². The largest absolute Gasteiger partial charge is 0.372 e. The Morgan fingerprint density at radius 3 is 2.44 bits per heavy atom. The van der Waals surface area contributed by atoms with E-state index >= 15 is 0 Å². The van der Waals surface area contributed by atoms with E-state index in [1.807, 2.05) is 24.3 Å². The van der Waals surface area contributed by atoms with Crippen LogP contribution in [-0.2, 0) is 6.54 Å². The molecular formula is C22H22ClN3O. The molecule has 0 N–H and O–H groups in total. The van der Waals surface area contributed by atoms with Gasteiger partial charge in [-0.3, -0.25) is 4.79 Å². The van der Waals surface area contributed by atoms with Crippen LogP contribution in [0.1, 0.15) is 24.8 Å². The van der Waals surface area contributed by atoms with Gasteiger partial charge in [-0.05, 0) is 55.2 Å². The average Bonchev–Trinajstić information content (AvgIpc) is 2.71. The summed E-state index contributed by atoms with van der Waals surface area (Å²) < 4.78 is 1.49. The minimum atomic E-state index is -0.122. The van der Waals surface area contributed by atoms with Crippen LogP contribution in [0.3, 0.4) is 0 Å². The van der Waals surface area contributed by atoms with Crippen LogP contribution in [0.5, 0.6) is 0 Å². The zero-order valence-electron chi connectivity index (χ0n) is 15.1. The van der Waals surface area contributed by atoms with E-state index in [1.165, 1.54) is 29.6 Å². The summed E-state index contributed by atoms with van der Waals surface area (Å²) in [6.45, 7) is 2.66. The van der Waals surface area contributed by atoms with Crippen LogP contribution in [0, 0.1) is 0 Å². The van der Waals surface area contributed by atoms with Gasteiger partial charge in [0.15, 0.2) is 0 Å². The van der Waals surface area contributed by atoms with Crippen LogP contribution in [0.15, 0.2) is 65.5 Å². The maximum atomic E-state index is 12.2. The standard InChI is InChI=1S/C22H22ClN3O/c23-19-6-4-5-17(15-19)16-26-22(27)12-11-21(24-26)18-7-9-20(10-8-18)25-13-2-1-3-14-25/h4-12,15H,1-3,13-14,16H2. The third-order valence-corrected chi connectivity index (χ3v) is 5.21. The summed E-state index contributed by atoms with van der Waals surface area (Å²) >= 11 is 6.05. The van der Waals surface area contributed by atoms with E-state index in [9.17, 15) is 4.79 Å². The van der Waals surface area contributed by atoms with Gasteiger partial charge in [0.05, 0.1) is 12.2 Å². The first-order valence-electron chi connectivity index (χ1n) is 9.37. The lowest BCUT2D eigenvalue weighted by Crippen LogP contribution is -2.29. The zero-order chi connectivity index (χ0) is 18.6. The molecule has 0 amide bonds. The van der Waals surface area contributed by atoms with Gasteiger partial charge in [-0.1, -0.05) is 35.9 Å². The lowest BCUT2D eigenvalue weighted by molar-refractivity contribution is 0.578. The van der Waals surface area contributed by atoms with E-state index in [-0.39, 0.29) is 5.56 Å². The number of aromatic nitrogens is 2. The minimum absolute atomic E-state index is 0.122. The van der Waals surface area contributed by atoms with Crippen molar-refractivity contribution in [1.29, 1.82) is 0 Å². The highest BCUT2D eigenvalue weighted by Gasteiger charge is 2.11. The van der Waals surface area contributed by atoms with Gasteiger partial charge in [0.1, 0.15) is 0 Å². The summed E-state index contributed by atoms with van der Waals surface area (Å²) in [6.07, 6.45) is 3.85. The molecule has 0 unspecified atom stereocenters. The Kier molecular flexibility index (Phi) is 5.26. The highest BCUT2D eigenvalue weighted by atomic mass is 35.5. The molecule has 4 rings (SSSR count). The molecule has 27 heavy (non-hydrogen) atoms. The Hall–Kier alpha value is -2.59. The van der Waals surface area contributed by atoms with Crippen molar-refractivity contribution >= 4 is 17.3 Å². The maximum absolute atomic E-state index is 12.2. The summed E-state index contributed by atoms with van der Waals surface area (Å²) in [5, 5.41) is 5.21. The van der Waals surface area contributed by atoms with Crippen LogP contribution in [-0.4, -0.2) is 22.9 Å². The SMILES string of the molecule is O=c1ccc(-c2ccc(N3CCCCC3)cc2)nn1Cc1cccc(Cl)c1. The molecule has 0 aliphatic carbocycles. The second kappa shape index (κ2) is 7.97. The van der Waals surface area contributed by atoms with E-state index in [4.69, 9.17) is 11.6 Å². The molecule has 0 radical (unpaired) electrons. The van der Waals surface area contributed by atoms with Crippen LogP contribution in [0.2, 0.25) is 5.02 Å². The van der Waals surface area contributed by atoms with Crippen molar-refractivity contribution in [3.63, 3.8) is 0 Å². The highest BCUT2D eigenvalue weighted by molar-refractivity contribution is 6.30. The quantitative estimate of drug-likeness (QED) is 0.664. The molecule has 0 saturated carbocycles. The fraction of sp³-hybridized carbons (Fsp3) is 0.273. The summed E-state index contributed by atoms with van der Waals surface area (Å²) in [5.74, 6) is 0. The molecule has 5 heteroatoms. The predicted molar refractivity (Wildman–Crippen MR) is 111 cm³/mol. The Morgan fingerprint density at radius 1 is 0.926 bits per heavy atom. The molecule has 1 aliphatic rings. The number of rotatable bonds is 4. The first-order valence-corrected chi connectivity index (χ1v) is 9.75. The number of nitrogens with zero attached hydrogens (tertiary/aromatic N) is 3. The molecule has 138 valence electrons. The van der Waals surface area contributed by atoms with Gasteiger partial charge in [-0.2, -0.15) is 5.10 Å². The van der Waals surface area contributed by atoms with E-state index in [0.717, 1.165) is 29.9 Å². The molecule has 0 bridgehead atoms. The van der Waals surface area contributed by atoms with Crippen molar-refractivity contribution < 1.29 is 0 Å². The normalized spacial score (nSPS) is 14.3. The molecule has 3 aromatic rings. The Morgan fingerprint density at radius 2 is 1.70 bits per heavy atom. The Balaban J connectivity index is 1.57. The second-order valence-corrected chi connectivity index (χ2v) is 7.38. The first-order chi connectivity index (χ1) is 13.2. The van der Waals surface area contributed by atoms with Crippen LogP contribution < -0.4 is 10.5 Å². The molecule has 1 aromatic heterocycles. The number of anilines is 1. The van der Waals surface area contributed by atoms with Crippen molar-refractivity contribution in [1.82, 2.24) is 9.78 Å². The van der Waals surface area contributed by atoms with Gasteiger partial charge >= 0.3 is 0 Å². The predicted octanol–water partition coefficient (Wildman–Crippen LogP) is 4.60. The van der Waals surface area contributed by atoms with Crippen LogP contribution in [0.4, 0.5) is 5.69 Å². The number of piperidine rings is 1. The number of hydrogen-bond acceptors (Lipinski definition) is 3. The summed E-state index contributed by atoms with van der Waals surface area (Å²) in [4.78, 5) is 14.6. The number of benzene rings is 2. The zero-order valence-corrected chi connectivity index (χ0v) is 15.9. The maximum Gasteiger partial charge on any atom is 0.267 e. The molecule has 0 atom stereocenters. The van der Waals surface area contributed by atoms with Crippen molar-refractivity contribution in [2.75, 3.05) is 18.0 Å². The van der Waals surface area contributed by atoms with Gasteiger partial charge in [0, 0.05) is 35.4 Å². The van der Waals surface area contributed by atoms with Crippen molar-refractivity contribution in [3.05, 3.63) is 81.6 Å². The molecule has 1 aliphatic heterocycles. The minimum Gasteiger partial charge on any atom is -0.372 e. The summed E-state index contributed by atoms with van der Waals surface area (Å²) in [7, 11) is 0. The fourth-order valence-electron chi connectivity index (χ4n) is 3.52. The Bertz CT molecular complexity index is 975.